The van der Waals surface area contributed by atoms with Gasteiger partial charge in [-0.15, -0.1) is 0 Å². The molecule has 0 fully saturated rings. The molecule has 0 aliphatic rings. The molecule has 0 spiro atoms. The van der Waals surface area contributed by atoms with Crippen molar-refractivity contribution in [3.8, 4) is 0 Å². The summed E-state index contributed by atoms with van der Waals surface area (Å²) in [5, 5.41) is 13.6. The Bertz CT molecular complexity index is 847. The van der Waals surface area contributed by atoms with Crippen molar-refractivity contribution in [3.63, 3.8) is 0 Å². The number of rotatable bonds is 6. The van der Waals surface area contributed by atoms with Crippen molar-refractivity contribution < 1.29 is 18.3 Å². The number of sulfonamides is 1. The lowest BCUT2D eigenvalue weighted by Gasteiger charge is -2.16. The zero-order chi connectivity index (χ0) is 17.4. The molecule has 126 valence electrons. The van der Waals surface area contributed by atoms with Gasteiger partial charge in [-0.3, -0.25) is 4.79 Å². The first-order chi connectivity index (χ1) is 10.6. The number of carboxylic acid groups (broad SMARTS) is 1. The van der Waals surface area contributed by atoms with Crippen molar-refractivity contribution in [3.05, 3.63) is 23.1 Å². The van der Waals surface area contributed by atoms with Crippen LogP contribution in [0, 0.1) is 12.8 Å². The number of nitrogens with one attached hydrogen (secondary N) is 1. The van der Waals surface area contributed by atoms with E-state index in [9.17, 15) is 13.2 Å². The molecule has 2 aromatic rings. The highest BCUT2D eigenvalue weighted by atomic mass is 35.5. The molecule has 0 aromatic carbocycles. The van der Waals surface area contributed by atoms with Gasteiger partial charge < -0.3 is 5.11 Å². The first kappa shape index (κ1) is 17.6. The molecule has 0 amide bonds. The molecule has 1 atom stereocenters. The van der Waals surface area contributed by atoms with E-state index >= 15 is 0 Å². The minimum atomic E-state index is -4.04. The zero-order valence-electron chi connectivity index (χ0n) is 12.8. The van der Waals surface area contributed by atoms with Gasteiger partial charge >= 0.3 is 5.97 Å². The summed E-state index contributed by atoms with van der Waals surface area (Å²) in [6.45, 7) is 5.30. The van der Waals surface area contributed by atoms with E-state index < -0.39 is 22.0 Å². The highest BCUT2D eigenvalue weighted by Crippen LogP contribution is 2.20. The van der Waals surface area contributed by atoms with Crippen molar-refractivity contribution >= 4 is 33.2 Å². The van der Waals surface area contributed by atoms with Crippen LogP contribution in [0.1, 0.15) is 26.0 Å². The predicted molar refractivity (Wildman–Crippen MR) is 83.9 cm³/mol. The van der Waals surface area contributed by atoms with Crippen LogP contribution >= 0.6 is 11.6 Å². The second-order valence-corrected chi connectivity index (χ2v) is 7.69. The Labute approximate surface area is 138 Å². The van der Waals surface area contributed by atoms with Crippen molar-refractivity contribution in [1.29, 1.82) is 0 Å². The lowest BCUT2D eigenvalue weighted by molar-refractivity contribution is -0.139. The Balaban J connectivity index is 2.36. The maximum absolute atomic E-state index is 12.4. The largest absolute Gasteiger partial charge is 0.480 e. The van der Waals surface area contributed by atoms with Gasteiger partial charge in [-0.1, -0.05) is 25.4 Å². The topological polar surface area (TPSA) is 114 Å². The monoisotopic (exact) mass is 360 g/mol. The number of aromatic nitrogens is 3. The molecule has 2 heterocycles. The fourth-order valence-corrected chi connectivity index (χ4v) is 3.38. The second-order valence-electron chi connectivity index (χ2n) is 5.60. The van der Waals surface area contributed by atoms with Crippen LogP contribution in [-0.4, -0.2) is 40.1 Å². The molecule has 1 unspecified atom stereocenters. The molecule has 2 aromatic heterocycles. The van der Waals surface area contributed by atoms with Gasteiger partial charge in [0.2, 0.25) is 10.0 Å². The normalized spacial score (nSPS) is 13.6. The van der Waals surface area contributed by atoms with Gasteiger partial charge in [-0.2, -0.15) is 9.82 Å². The standard InChI is InChI=1S/C13H17ClN4O4S/c1-7(2)4-10(13(19)20)17-23(21,22)9-5-15-12-11(14)8(3)16-18(12)6-9/h5-7,10,17H,4H2,1-3H3,(H,19,20). The summed E-state index contributed by atoms with van der Waals surface area (Å²) in [6, 6.07) is -1.21. The molecule has 10 heteroatoms. The summed E-state index contributed by atoms with van der Waals surface area (Å²) >= 11 is 6.00. The van der Waals surface area contributed by atoms with Crippen molar-refractivity contribution in [2.24, 2.45) is 5.92 Å². The first-order valence-corrected chi connectivity index (χ1v) is 8.73. The summed E-state index contributed by atoms with van der Waals surface area (Å²) in [4.78, 5) is 15.0. The molecule has 2 N–H and O–H groups in total. The third-order valence-electron chi connectivity index (χ3n) is 3.17. The van der Waals surface area contributed by atoms with Crippen LogP contribution < -0.4 is 4.72 Å². The van der Waals surface area contributed by atoms with Crippen LogP contribution in [0.15, 0.2) is 17.3 Å². The van der Waals surface area contributed by atoms with E-state index in [-0.39, 0.29) is 17.2 Å². The molecule has 0 radical (unpaired) electrons. The van der Waals surface area contributed by atoms with Crippen molar-refractivity contribution in [2.45, 2.75) is 38.1 Å². The van der Waals surface area contributed by atoms with E-state index in [2.05, 4.69) is 14.8 Å². The van der Waals surface area contributed by atoms with Gasteiger partial charge in [0.25, 0.3) is 0 Å². The fourth-order valence-electron chi connectivity index (χ4n) is 2.06. The lowest BCUT2D eigenvalue weighted by atomic mass is 10.1. The molecule has 8 nitrogen and oxygen atoms in total. The van der Waals surface area contributed by atoms with Crippen molar-refractivity contribution in [1.82, 2.24) is 19.3 Å². The smallest absolute Gasteiger partial charge is 0.321 e. The fraction of sp³-hybridized carbons (Fsp3) is 0.462. The van der Waals surface area contributed by atoms with Crippen LogP contribution in [0.4, 0.5) is 0 Å². The highest BCUT2D eigenvalue weighted by Gasteiger charge is 2.27. The summed E-state index contributed by atoms with van der Waals surface area (Å²) in [6.07, 6.45) is 2.55. The molecule has 0 saturated heterocycles. The number of carboxylic acids is 1. The van der Waals surface area contributed by atoms with Crippen LogP contribution in [0.25, 0.3) is 5.65 Å². The van der Waals surface area contributed by atoms with Gasteiger partial charge in [0.05, 0.1) is 18.1 Å². The number of halogens is 1. The Morgan fingerprint density at radius 1 is 1.48 bits per heavy atom. The van der Waals surface area contributed by atoms with Gasteiger partial charge in [-0.05, 0) is 19.3 Å². The third-order valence-corrected chi connectivity index (χ3v) is 5.03. The molecular formula is C13H17ClN4O4S. The average molecular weight is 361 g/mol. The summed E-state index contributed by atoms with van der Waals surface area (Å²) in [5.41, 5.74) is 0.852. The number of carbonyl (C=O) groups is 1. The van der Waals surface area contributed by atoms with Gasteiger partial charge in [-0.25, -0.2) is 17.9 Å². The SMILES string of the molecule is Cc1nn2cc(S(=O)(=O)NC(CC(C)C)C(=O)O)cnc2c1Cl. The van der Waals surface area contributed by atoms with E-state index in [0.717, 1.165) is 6.20 Å². The Kier molecular flexibility index (Phi) is 4.92. The number of fused-ring (bicyclic) bond motifs is 1. The molecule has 0 saturated carbocycles. The van der Waals surface area contributed by atoms with Crippen LogP contribution in [-0.2, 0) is 14.8 Å². The lowest BCUT2D eigenvalue weighted by Crippen LogP contribution is -2.41. The number of aryl methyl sites for hydroxylation is 1. The molecule has 0 aliphatic heterocycles. The zero-order valence-corrected chi connectivity index (χ0v) is 14.4. The Morgan fingerprint density at radius 2 is 2.13 bits per heavy atom. The van der Waals surface area contributed by atoms with E-state index in [1.165, 1.54) is 10.7 Å². The van der Waals surface area contributed by atoms with E-state index in [1.807, 2.05) is 13.8 Å². The van der Waals surface area contributed by atoms with E-state index in [0.29, 0.717) is 16.4 Å². The first-order valence-electron chi connectivity index (χ1n) is 6.87. The molecule has 0 aliphatic carbocycles. The molecule has 23 heavy (non-hydrogen) atoms. The Morgan fingerprint density at radius 3 is 2.70 bits per heavy atom. The number of nitrogens with zero attached hydrogens (tertiary/aromatic N) is 3. The van der Waals surface area contributed by atoms with Crippen molar-refractivity contribution in [2.75, 3.05) is 0 Å². The molecule has 2 rings (SSSR count). The summed E-state index contributed by atoms with van der Waals surface area (Å²) < 4.78 is 28.2. The Hall–Kier alpha value is -1.71. The quantitative estimate of drug-likeness (QED) is 0.806. The maximum Gasteiger partial charge on any atom is 0.321 e. The molecule has 0 bridgehead atoms. The number of aliphatic carboxylic acids is 1. The average Bonchev–Trinajstić information content (AvgIpc) is 2.72. The van der Waals surface area contributed by atoms with Crippen LogP contribution in [0.3, 0.4) is 0 Å². The number of hydrogen-bond donors (Lipinski definition) is 2. The number of hydrogen-bond acceptors (Lipinski definition) is 5. The van der Waals surface area contributed by atoms with E-state index in [1.54, 1.807) is 6.92 Å². The second kappa shape index (κ2) is 6.42. The minimum Gasteiger partial charge on any atom is -0.480 e. The third kappa shape index (κ3) is 3.80. The minimum absolute atomic E-state index is 0.0203. The van der Waals surface area contributed by atoms with Crippen LogP contribution in [0.2, 0.25) is 5.02 Å². The van der Waals surface area contributed by atoms with Gasteiger partial charge in [0.1, 0.15) is 16.0 Å². The highest BCUT2D eigenvalue weighted by molar-refractivity contribution is 7.89. The molecular weight excluding hydrogens is 344 g/mol. The van der Waals surface area contributed by atoms with E-state index in [4.69, 9.17) is 16.7 Å². The maximum atomic E-state index is 12.4. The summed E-state index contributed by atoms with van der Waals surface area (Å²) in [5.74, 6) is -1.21. The van der Waals surface area contributed by atoms with Crippen LogP contribution in [0.5, 0.6) is 0 Å². The predicted octanol–water partition coefficient (Wildman–Crippen LogP) is 1.47. The van der Waals surface area contributed by atoms with Gasteiger partial charge in [0.15, 0.2) is 5.65 Å². The van der Waals surface area contributed by atoms with Gasteiger partial charge in [0, 0.05) is 0 Å². The summed E-state index contributed by atoms with van der Waals surface area (Å²) in [7, 11) is -4.04.